The SMILES string of the molecule is CC(C(=O)N1CCCC1)C1CCCC1. The first kappa shape index (κ1) is 10.0. The normalized spacial score (nSPS) is 25.6. The third-order valence-corrected chi connectivity index (χ3v) is 3.91. The Balaban J connectivity index is 1.89. The zero-order valence-corrected chi connectivity index (χ0v) is 9.17. The summed E-state index contributed by atoms with van der Waals surface area (Å²) < 4.78 is 0. The Morgan fingerprint density at radius 3 is 2.29 bits per heavy atom. The van der Waals surface area contributed by atoms with Gasteiger partial charge < -0.3 is 4.90 Å². The van der Waals surface area contributed by atoms with Gasteiger partial charge in [0.05, 0.1) is 0 Å². The quantitative estimate of drug-likeness (QED) is 0.662. The van der Waals surface area contributed by atoms with Crippen molar-refractivity contribution in [3.63, 3.8) is 0 Å². The lowest BCUT2D eigenvalue weighted by molar-refractivity contribution is -0.135. The highest BCUT2D eigenvalue weighted by molar-refractivity contribution is 5.79. The molecule has 0 N–H and O–H groups in total. The lowest BCUT2D eigenvalue weighted by Gasteiger charge is -2.24. The van der Waals surface area contributed by atoms with Crippen molar-refractivity contribution in [2.45, 2.75) is 45.4 Å². The third kappa shape index (κ3) is 1.94. The van der Waals surface area contributed by atoms with Gasteiger partial charge in [-0.3, -0.25) is 4.79 Å². The number of hydrogen-bond donors (Lipinski definition) is 0. The van der Waals surface area contributed by atoms with Crippen LogP contribution in [0.4, 0.5) is 0 Å². The summed E-state index contributed by atoms with van der Waals surface area (Å²) in [6.45, 7) is 4.16. The van der Waals surface area contributed by atoms with E-state index in [0.717, 1.165) is 13.1 Å². The van der Waals surface area contributed by atoms with Gasteiger partial charge in [-0.2, -0.15) is 0 Å². The van der Waals surface area contributed by atoms with Gasteiger partial charge in [0.2, 0.25) is 5.91 Å². The predicted molar refractivity (Wildman–Crippen MR) is 56.9 cm³/mol. The number of carbonyl (C=O) groups is 1. The molecule has 2 heteroatoms. The second kappa shape index (κ2) is 4.33. The van der Waals surface area contributed by atoms with Crippen LogP contribution in [0.2, 0.25) is 0 Å². The maximum absolute atomic E-state index is 12.1. The summed E-state index contributed by atoms with van der Waals surface area (Å²) in [6.07, 6.45) is 7.65. The molecule has 1 saturated carbocycles. The molecule has 0 radical (unpaired) electrons. The summed E-state index contributed by atoms with van der Waals surface area (Å²) in [5, 5.41) is 0. The lowest BCUT2D eigenvalue weighted by Crippen LogP contribution is -2.35. The number of hydrogen-bond acceptors (Lipinski definition) is 1. The molecule has 0 aromatic carbocycles. The monoisotopic (exact) mass is 195 g/mol. The molecule has 1 aliphatic carbocycles. The van der Waals surface area contributed by atoms with Crippen LogP contribution in [0.5, 0.6) is 0 Å². The zero-order chi connectivity index (χ0) is 9.97. The van der Waals surface area contributed by atoms with Crippen LogP contribution in [-0.2, 0) is 4.79 Å². The van der Waals surface area contributed by atoms with Crippen LogP contribution >= 0.6 is 0 Å². The minimum atomic E-state index is 0.288. The predicted octanol–water partition coefficient (Wildman–Crippen LogP) is 2.44. The van der Waals surface area contributed by atoms with E-state index in [1.165, 1.54) is 38.5 Å². The fraction of sp³-hybridized carbons (Fsp3) is 0.917. The smallest absolute Gasteiger partial charge is 0.225 e. The molecule has 14 heavy (non-hydrogen) atoms. The molecule has 1 unspecified atom stereocenters. The van der Waals surface area contributed by atoms with Crippen LogP contribution in [0.3, 0.4) is 0 Å². The van der Waals surface area contributed by atoms with Crippen LogP contribution < -0.4 is 0 Å². The van der Waals surface area contributed by atoms with Crippen molar-refractivity contribution < 1.29 is 4.79 Å². The summed E-state index contributed by atoms with van der Waals surface area (Å²) in [6, 6.07) is 0. The topological polar surface area (TPSA) is 20.3 Å². The van der Waals surface area contributed by atoms with Crippen LogP contribution in [0.15, 0.2) is 0 Å². The Morgan fingerprint density at radius 1 is 1.14 bits per heavy atom. The van der Waals surface area contributed by atoms with Gasteiger partial charge in [0.15, 0.2) is 0 Å². The third-order valence-electron chi connectivity index (χ3n) is 3.91. The first-order chi connectivity index (χ1) is 6.79. The molecule has 2 fully saturated rings. The summed E-state index contributed by atoms with van der Waals surface area (Å²) in [4.78, 5) is 14.1. The van der Waals surface area contributed by atoms with Gasteiger partial charge in [-0.15, -0.1) is 0 Å². The van der Waals surface area contributed by atoms with E-state index in [1.54, 1.807) is 0 Å². The summed E-state index contributed by atoms with van der Waals surface area (Å²) in [7, 11) is 0. The Bertz CT molecular complexity index is 202. The molecule has 80 valence electrons. The van der Waals surface area contributed by atoms with E-state index in [9.17, 15) is 4.79 Å². The summed E-state index contributed by atoms with van der Waals surface area (Å²) in [5.74, 6) is 1.40. The number of carbonyl (C=O) groups excluding carboxylic acids is 1. The first-order valence-corrected chi connectivity index (χ1v) is 6.08. The van der Waals surface area contributed by atoms with Crippen LogP contribution in [0.1, 0.15) is 45.4 Å². The van der Waals surface area contributed by atoms with Gasteiger partial charge in [-0.05, 0) is 31.6 Å². The van der Waals surface area contributed by atoms with Crippen molar-refractivity contribution in [1.29, 1.82) is 0 Å². The zero-order valence-electron chi connectivity index (χ0n) is 9.17. The van der Waals surface area contributed by atoms with Crippen molar-refractivity contribution in [2.24, 2.45) is 11.8 Å². The maximum Gasteiger partial charge on any atom is 0.225 e. The number of likely N-dealkylation sites (tertiary alicyclic amines) is 1. The van der Waals surface area contributed by atoms with E-state index >= 15 is 0 Å². The highest BCUT2D eigenvalue weighted by Gasteiger charge is 2.30. The second-order valence-electron chi connectivity index (χ2n) is 4.87. The molecule has 0 aromatic heterocycles. The van der Waals surface area contributed by atoms with Crippen LogP contribution in [0, 0.1) is 11.8 Å². The Morgan fingerprint density at radius 2 is 1.71 bits per heavy atom. The molecule has 1 heterocycles. The Kier molecular flexibility index (Phi) is 3.09. The number of nitrogens with zero attached hydrogens (tertiary/aromatic N) is 1. The van der Waals surface area contributed by atoms with Gasteiger partial charge >= 0.3 is 0 Å². The molecule has 2 aliphatic rings. The molecule has 2 rings (SSSR count). The Hall–Kier alpha value is -0.530. The first-order valence-electron chi connectivity index (χ1n) is 6.08. The van der Waals surface area contributed by atoms with Crippen LogP contribution in [-0.4, -0.2) is 23.9 Å². The molecule has 0 spiro atoms. The summed E-state index contributed by atoms with van der Waals surface area (Å²) >= 11 is 0. The van der Waals surface area contributed by atoms with Gasteiger partial charge in [0.1, 0.15) is 0 Å². The van der Waals surface area contributed by atoms with E-state index in [0.29, 0.717) is 11.8 Å². The highest BCUT2D eigenvalue weighted by atomic mass is 16.2. The molecule has 0 bridgehead atoms. The van der Waals surface area contributed by atoms with Crippen molar-refractivity contribution in [1.82, 2.24) is 4.90 Å². The standard InChI is InChI=1S/C12H21NO/c1-10(11-6-2-3-7-11)12(14)13-8-4-5-9-13/h10-11H,2-9H2,1H3. The van der Waals surface area contributed by atoms with Crippen molar-refractivity contribution in [3.8, 4) is 0 Å². The Labute approximate surface area is 86.7 Å². The van der Waals surface area contributed by atoms with Gasteiger partial charge in [0, 0.05) is 19.0 Å². The molecule has 1 saturated heterocycles. The summed E-state index contributed by atoms with van der Waals surface area (Å²) in [5.41, 5.74) is 0. The molecule has 2 nitrogen and oxygen atoms in total. The average Bonchev–Trinajstić information content (AvgIpc) is 2.87. The molecular formula is C12H21NO. The average molecular weight is 195 g/mol. The lowest BCUT2D eigenvalue weighted by atomic mass is 9.91. The molecule has 1 atom stereocenters. The van der Waals surface area contributed by atoms with Crippen LogP contribution in [0.25, 0.3) is 0 Å². The largest absolute Gasteiger partial charge is 0.342 e. The maximum atomic E-state index is 12.1. The van der Waals surface area contributed by atoms with Gasteiger partial charge in [-0.1, -0.05) is 19.8 Å². The van der Waals surface area contributed by atoms with Crippen molar-refractivity contribution in [2.75, 3.05) is 13.1 Å². The minimum Gasteiger partial charge on any atom is -0.342 e. The van der Waals surface area contributed by atoms with Crippen molar-refractivity contribution >= 4 is 5.91 Å². The molecular weight excluding hydrogens is 174 g/mol. The van der Waals surface area contributed by atoms with E-state index in [1.807, 2.05) is 0 Å². The molecule has 0 aromatic rings. The number of rotatable bonds is 2. The second-order valence-corrected chi connectivity index (χ2v) is 4.87. The fourth-order valence-electron chi connectivity index (χ4n) is 2.88. The van der Waals surface area contributed by atoms with Gasteiger partial charge in [0.25, 0.3) is 0 Å². The van der Waals surface area contributed by atoms with Gasteiger partial charge in [-0.25, -0.2) is 0 Å². The van der Waals surface area contributed by atoms with E-state index in [4.69, 9.17) is 0 Å². The molecule has 1 aliphatic heterocycles. The minimum absolute atomic E-state index is 0.288. The number of amides is 1. The molecule has 1 amide bonds. The highest BCUT2D eigenvalue weighted by Crippen LogP contribution is 2.32. The fourth-order valence-corrected chi connectivity index (χ4v) is 2.88. The van der Waals surface area contributed by atoms with E-state index in [-0.39, 0.29) is 5.92 Å². The van der Waals surface area contributed by atoms with E-state index in [2.05, 4.69) is 11.8 Å². The van der Waals surface area contributed by atoms with E-state index < -0.39 is 0 Å². The van der Waals surface area contributed by atoms with Crippen molar-refractivity contribution in [3.05, 3.63) is 0 Å².